The average Bonchev–Trinajstić information content (AvgIpc) is 2.94. The molecule has 3 aromatic carbocycles. The zero-order valence-corrected chi connectivity index (χ0v) is 21.1. The maximum Gasteiger partial charge on any atom is 0.338 e. The van der Waals surface area contributed by atoms with Crippen LogP contribution >= 0.6 is 0 Å². The summed E-state index contributed by atoms with van der Waals surface area (Å²) in [4.78, 5) is 48.8. The van der Waals surface area contributed by atoms with Gasteiger partial charge < -0.3 is 14.9 Å². The summed E-state index contributed by atoms with van der Waals surface area (Å²) in [6, 6.07) is 16.7. The minimum absolute atomic E-state index is 0.000609. The van der Waals surface area contributed by atoms with E-state index in [1.807, 2.05) is 29.1 Å². The van der Waals surface area contributed by atoms with Gasteiger partial charge in [0.2, 0.25) is 5.78 Å². The summed E-state index contributed by atoms with van der Waals surface area (Å²) in [7, 11) is 0. The van der Waals surface area contributed by atoms with Gasteiger partial charge in [-0.05, 0) is 48.7 Å². The number of phenolic OH excluding ortho intramolecular Hbond substituents is 2. The summed E-state index contributed by atoms with van der Waals surface area (Å²) < 4.78 is 7.28. The normalized spacial score (nSPS) is 12.0. The molecular formula is C30H23N2O8+. The summed E-state index contributed by atoms with van der Waals surface area (Å²) in [5, 5.41) is 31.3. The van der Waals surface area contributed by atoms with E-state index < -0.39 is 28.2 Å². The maximum atomic E-state index is 13.0. The number of aromatic nitrogens is 1. The van der Waals surface area contributed by atoms with Gasteiger partial charge in [-0.25, -0.2) is 9.36 Å². The number of carbonyl (C=O) groups is 3. The van der Waals surface area contributed by atoms with Crippen LogP contribution in [0.5, 0.6) is 11.5 Å². The van der Waals surface area contributed by atoms with Crippen LogP contribution in [-0.2, 0) is 17.7 Å². The van der Waals surface area contributed by atoms with Crippen LogP contribution in [0.2, 0.25) is 0 Å². The zero-order valence-electron chi connectivity index (χ0n) is 21.1. The number of phenols is 2. The Kier molecular flexibility index (Phi) is 7.07. The maximum absolute atomic E-state index is 13.0. The summed E-state index contributed by atoms with van der Waals surface area (Å²) in [5.74, 6) is -2.92. The molecule has 2 N–H and O–H groups in total. The molecule has 0 fully saturated rings. The predicted octanol–water partition coefficient (Wildman–Crippen LogP) is 3.91. The molecule has 1 heterocycles. The summed E-state index contributed by atoms with van der Waals surface area (Å²) in [5.41, 5.74) is 1.37. The quantitative estimate of drug-likeness (QED) is 0.0992. The van der Waals surface area contributed by atoms with Gasteiger partial charge in [-0.15, -0.1) is 0 Å². The first kappa shape index (κ1) is 26.2. The molecule has 1 aromatic heterocycles. The van der Waals surface area contributed by atoms with E-state index in [2.05, 4.69) is 0 Å². The lowest BCUT2D eigenvalue weighted by Crippen LogP contribution is -2.33. The minimum atomic E-state index is -0.742. The fourth-order valence-corrected chi connectivity index (χ4v) is 4.62. The van der Waals surface area contributed by atoms with Gasteiger partial charge in [0.1, 0.15) is 11.5 Å². The van der Waals surface area contributed by atoms with Gasteiger partial charge in [-0.1, -0.05) is 12.1 Å². The number of non-ortho nitro benzene ring substituents is 1. The highest BCUT2D eigenvalue weighted by molar-refractivity contribution is 6.30. The Hall–Kier alpha value is -5.38. The predicted molar refractivity (Wildman–Crippen MR) is 141 cm³/mol. The number of ketones is 2. The van der Waals surface area contributed by atoms with E-state index in [0.717, 1.165) is 17.2 Å². The van der Waals surface area contributed by atoms with Crippen LogP contribution in [0.15, 0.2) is 79.1 Å². The Morgan fingerprint density at radius 1 is 0.850 bits per heavy atom. The van der Waals surface area contributed by atoms with Crippen molar-refractivity contribution in [2.45, 2.75) is 19.4 Å². The van der Waals surface area contributed by atoms with Gasteiger partial charge in [0.25, 0.3) is 5.69 Å². The van der Waals surface area contributed by atoms with Gasteiger partial charge in [-0.3, -0.25) is 19.7 Å². The van der Waals surface area contributed by atoms with Crippen LogP contribution in [0.25, 0.3) is 0 Å². The van der Waals surface area contributed by atoms with Crippen LogP contribution in [0.4, 0.5) is 5.69 Å². The van der Waals surface area contributed by atoms with Crippen molar-refractivity contribution in [3.8, 4) is 11.5 Å². The molecule has 40 heavy (non-hydrogen) atoms. The van der Waals surface area contributed by atoms with Crippen molar-refractivity contribution in [1.29, 1.82) is 0 Å². The molecular weight excluding hydrogens is 516 g/mol. The van der Waals surface area contributed by atoms with Gasteiger partial charge >= 0.3 is 5.97 Å². The lowest BCUT2D eigenvalue weighted by Gasteiger charge is -2.19. The van der Waals surface area contributed by atoms with Gasteiger partial charge in [0.15, 0.2) is 24.7 Å². The standard InChI is InChI=1S/C30H22N2O8/c33-24-5-1-4-22-26(24)29(36)27-23(28(22)35)15-20(16-25(27)34)30(37)40-14-2-3-18-10-12-31(13-11-18)17-19-6-8-21(9-7-19)32(38)39/h1,4-13,15-16H,2-3,14,17H2,(H-,33,34,36)/p+1. The fourth-order valence-electron chi connectivity index (χ4n) is 4.62. The highest BCUT2D eigenvalue weighted by Crippen LogP contribution is 2.37. The number of fused-ring (bicyclic) bond motifs is 2. The van der Waals surface area contributed by atoms with Crippen LogP contribution in [0, 0.1) is 10.1 Å². The monoisotopic (exact) mass is 539 g/mol. The molecule has 4 aromatic rings. The van der Waals surface area contributed by atoms with Crippen molar-refractivity contribution in [1.82, 2.24) is 0 Å². The number of esters is 1. The van der Waals surface area contributed by atoms with Gasteiger partial charge in [-0.2, -0.15) is 0 Å². The van der Waals surface area contributed by atoms with E-state index in [1.165, 1.54) is 36.4 Å². The highest BCUT2D eigenvalue weighted by atomic mass is 16.6. The number of aromatic hydroxyl groups is 2. The van der Waals surface area contributed by atoms with E-state index in [4.69, 9.17) is 4.74 Å². The Bertz CT molecular complexity index is 1660. The molecule has 0 aliphatic heterocycles. The number of nitrogens with zero attached hydrogens (tertiary/aromatic N) is 2. The Balaban J connectivity index is 1.17. The number of hydrogen-bond acceptors (Lipinski definition) is 8. The first-order chi connectivity index (χ1) is 19.2. The lowest BCUT2D eigenvalue weighted by molar-refractivity contribution is -0.688. The largest absolute Gasteiger partial charge is 0.507 e. The van der Waals surface area contributed by atoms with Crippen LogP contribution in [-0.4, -0.2) is 39.3 Å². The molecule has 10 nitrogen and oxygen atoms in total. The third kappa shape index (κ3) is 5.14. The Labute approximate surface area is 227 Å². The zero-order chi connectivity index (χ0) is 28.4. The molecule has 0 spiro atoms. The van der Waals surface area contributed by atoms with Crippen LogP contribution in [0.3, 0.4) is 0 Å². The number of nitro groups is 1. The number of rotatable bonds is 8. The molecule has 10 heteroatoms. The molecule has 200 valence electrons. The number of carbonyl (C=O) groups excluding carboxylic acids is 3. The van der Waals surface area contributed by atoms with Crippen molar-refractivity contribution in [3.63, 3.8) is 0 Å². The van der Waals surface area contributed by atoms with Crippen molar-refractivity contribution in [3.05, 3.63) is 128 Å². The minimum Gasteiger partial charge on any atom is -0.507 e. The topological polar surface area (TPSA) is 148 Å². The highest BCUT2D eigenvalue weighted by Gasteiger charge is 2.35. The molecule has 0 amide bonds. The van der Waals surface area contributed by atoms with Gasteiger partial charge in [0.05, 0.1) is 28.2 Å². The van der Waals surface area contributed by atoms with Crippen molar-refractivity contribution >= 4 is 23.2 Å². The fraction of sp³-hybridized carbons (Fsp3) is 0.133. The second kappa shape index (κ2) is 10.8. The average molecular weight is 540 g/mol. The first-order valence-electron chi connectivity index (χ1n) is 12.4. The van der Waals surface area contributed by atoms with E-state index in [-0.39, 0.29) is 45.9 Å². The van der Waals surface area contributed by atoms with Crippen LogP contribution < -0.4 is 4.57 Å². The van der Waals surface area contributed by atoms with Crippen molar-refractivity contribution in [2.75, 3.05) is 6.61 Å². The second-order valence-corrected chi connectivity index (χ2v) is 9.32. The van der Waals surface area contributed by atoms with Crippen molar-refractivity contribution in [2.24, 2.45) is 0 Å². The lowest BCUT2D eigenvalue weighted by atomic mass is 9.82. The van der Waals surface area contributed by atoms with Crippen LogP contribution in [0.1, 0.15) is 59.7 Å². The van der Waals surface area contributed by atoms with Crippen molar-refractivity contribution < 1.29 is 38.8 Å². The van der Waals surface area contributed by atoms with E-state index in [0.29, 0.717) is 19.4 Å². The van der Waals surface area contributed by atoms with E-state index in [1.54, 1.807) is 12.1 Å². The Morgan fingerprint density at radius 3 is 2.25 bits per heavy atom. The Morgan fingerprint density at radius 2 is 1.55 bits per heavy atom. The number of aryl methyl sites for hydroxylation is 1. The number of hydrogen-bond donors (Lipinski definition) is 2. The number of benzene rings is 3. The molecule has 5 rings (SSSR count). The third-order valence-corrected chi connectivity index (χ3v) is 6.65. The van der Waals surface area contributed by atoms with E-state index >= 15 is 0 Å². The molecule has 1 aliphatic carbocycles. The summed E-state index contributed by atoms with van der Waals surface area (Å²) in [6.45, 7) is 0.655. The van der Waals surface area contributed by atoms with E-state index in [9.17, 15) is 34.7 Å². The summed E-state index contributed by atoms with van der Waals surface area (Å²) >= 11 is 0. The van der Waals surface area contributed by atoms with Gasteiger partial charge in [0, 0.05) is 41.0 Å². The molecule has 0 unspecified atom stereocenters. The molecule has 1 aliphatic rings. The molecule has 0 saturated carbocycles. The molecule has 0 radical (unpaired) electrons. The number of ether oxygens (including phenoxy) is 1. The second-order valence-electron chi connectivity index (χ2n) is 9.32. The smallest absolute Gasteiger partial charge is 0.338 e. The summed E-state index contributed by atoms with van der Waals surface area (Å²) in [6.07, 6.45) is 4.96. The molecule has 0 atom stereocenters. The SMILES string of the molecule is O=C(OCCCc1cc[n+](Cc2ccc([N+](=O)[O-])cc2)cc1)c1cc(O)c2c(c1)C(=O)c1cccc(O)c1C2=O. The molecule has 0 bridgehead atoms. The number of pyridine rings is 1. The first-order valence-corrected chi connectivity index (χ1v) is 12.4. The third-order valence-electron chi connectivity index (χ3n) is 6.65. The number of nitro benzene ring substituents is 1. The molecule has 0 saturated heterocycles.